The zero-order valence-corrected chi connectivity index (χ0v) is 15.2. The van der Waals surface area contributed by atoms with Crippen molar-refractivity contribution in [2.75, 3.05) is 17.7 Å². The summed E-state index contributed by atoms with van der Waals surface area (Å²) in [7, 11) is 1.60. The zero-order valence-electron chi connectivity index (χ0n) is 14.4. The van der Waals surface area contributed by atoms with Crippen LogP contribution in [0.4, 0.5) is 17.2 Å². The van der Waals surface area contributed by atoms with Gasteiger partial charge in [0, 0.05) is 28.2 Å². The average Bonchev–Trinajstić information content (AvgIpc) is 2.65. The molecule has 0 aliphatic rings. The van der Waals surface area contributed by atoms with E-state index in [-0.39, 0.29) is 5.91 Å². The number of halogens is 1. The maximum absolute atomic E-state index is 12.5. The van der Waals surface area contributed by atoms with E-state index in [1.807, 2.05) is 19.1 Å². The molecule has 0 bridgehead atoms. The fourth-order valence-corrected chi connectivity index (χ4v) is 2.65. The van der Waals surface area contributed by atoms with E-state index in [1.54, 1.807) is 55.8 Å². The lowest BCUT2D eigenvalue weighted by Crippen LogP contribution is -2.12. The van der Waals surface area contributed by atoms with Crippen LogP contribution in [-0.2, 0) is 0 Å². The molecule has 2 N–H and O–H groups in total. The van der Waals surface area contributed by atoms with Crippen LogP contribution in [0.25, 0.3) is 0 Å². The Balaban J connectivity index is 1.74. The van der Waals surface area contributed by atoms with Gasteiger partial charge in [0.05, 0.1) is 7.11 Å². The lowest BCUT2D eigenvalue weighted by atomic mass is 10.2. The van der Waals surface area contributed by atoms with E-state index >= 15 is 0 Å². The molecule has 5 nitrogen and oxygen atoms in total. The fourth-order valence-electron chi connectivity index (χ4n) is 2.42. The van der Waals surface area contributed by atoms with Gasteiger partial charge in [-0.2, -0.15) is 0 Å². The lowest BCUT2D eigenvalue weighted by molar-refractivity contribution is 0.102. The normalized spacial score (nSPS) is 10.3. The first kappa shape index (κ1) is 17.8. The molecular formula is C20H18ClN3O2. The van der Waals surface area contributed by atoms with Crippen molar-refractivity contribution in [2.45, 2.75) is 6.92 Å². The Hall–Kier alpha value is -3.05. The molecule has 0 radical (unpaired) electrons. The summed E-state index contributed by atoms with van der Waals surface area (Å²) >= 11 is 5.98. The highest BCUT2D eigenvalue weighted by Gasteiger charge is 2.09. The summed E-state index contributed by atoms with van der Waals surface area (Å²) in [6.45, 7) is 1.95. The Labute approximate surface area is 157 Å². The maximum atomic E-state index is 12.5. The molecule has 1 heterocycles. The predicted octanol–water partition coefficient (Wildman–Crippen LogP) is 5.05. The molecule has 0 spiro atoms. The minimum absolute atomic E-state index is 0.214. The molecule has 0 aliphatic heterocycles. The van der Waals surface area contributed by atoms with Crippen LogP contribution in [0.5, 0.6) is 5.75 Å². The summed E-state index contributed by atoms with van der Waals surface area (Å²) in [5, 5.41) is 6.73. The van der Waals surface area contributed by atoms with Gasteiger partial charge in [0.25, 0.3) is 5.91 Å². The summed E-state index contributed by atoms with van der Waals surface area (Å²) in [6, 6.07) is 16.1. The average molecular weight is 368 g/mol. The predicted molar refractivity (Wildman–Crippen MR) is 105 cm³/mol. The summed E-state index contributed by atoms with van der Waals surface area (Å²) in [5.74, 6) is 1.10. The smallest absolute Gasteiger partial charge is 0.255 e. The summed E-state index contributed by atoms with van der Waals surface area (Å²) in [5.41, 5.74) is 3.07. The second-order valence-electron chi connectivity index (χ2n) is 5.70. The first-order valence-corrected chi connectivity index (χ1v) is 8.37. The summed E-state index contributed by atoms with van der Waals surface area (Å²) in [4.78, 5) is 16.7. The largest absolute Gasteiger partial charge is 0.497 e. The standard InChI is InChI=1S/C20H18ClN3O2/c1-13-11-15(21)3-8-18(13)24-19-12-14(9-10-22-19)20(25)23-16-4-6-17(26-2)7-5-16/h3-12H,1-2H3,(H,22,24)(H,23,25). The Bertz CT molecular complexity index is 927. The maximum Gasteiger partial charge on any atom is 0.255 e. The Morgan fingerprint density at radius 2 is 1.85 bits per heavy atom. The molecule has 1 amide bonds. The number of carbonyl (C=O) groups is 1. The first-order valence-electron chi connectivity index (χ1n) is 8.00. The summed E-state index contributed by atoms with van der Waals surface area (Å²) < 4.78 is 5.11. The number of rotatable bonds is 5. The molecule has 6 heteroatoms. The third kappa shape index (κ3) is 4.32. The molecule has 26 heavy (non-hydrogen) atoms. The van der Waals surface area contributed by atoms with Crippen molar-refractivity contribution in [3.8, 4) is 5.75 Å². The molecule has 0 saturated carbocycles. The van der Waals surface area contributed by atoms with E-state index in [4.69, 9.17) is 16.3 Å². The van der Waals surface area contributed by atoms with Gasteiger partial charge >= 0.3 is 0 Å². The number of amides is 1. The quantitative estimate of drug-likeness (QED) is 0.662. The highest BCUT2D eigenvalue weighted by molar-refractivity contribution is 6.30. The number of hydrogen-bond acceptors (Lipinski definition) is 4. The highest BCUT2D eigenvalue weighted by Crippen LogP contribution is 2.23. The van der Waals surface area contributed by atoms with Gasteiger partial charge in [-0.15, -0.1) is 0 Å². The number of aryl methyl sites for hydroxylation is 1. The number of nitrogens with zero attached hydrogens (tertiary/aromatic N) is 1. The van der Waals surface area contributed by atoms with E-state index in [9.17, 15) is 4.79 Å². The van der Waals surface area contributed by atoms with Crippen molar-refractivity contribution < 1.29 is 9.53 Å². The number of aromatic nitrogens is 1. The number of anilines is 3. The molecule has 3 aromatic rings. The second-order valence-corrected chi connectivity index (χ2v) is 6.13. The second kappa shape index (κ2) is 7.89. The topological polar surface area (TPSA) is 63.2 Å². The van der Waals surface area contributed by atoms with Crippen molar-refractivity contribution in [1.82, 2.24) is 4.98 Å². The SMILES string of the molecule is COc1ccc(NC(=O)c2ccnc(Nc3ccc(Cl)cc3C)c2)cc1. The first-order chi connectivity index (χ1) is 12.5. The number of carbonyl (C=O) groups excluding carboxylic acids is 1. The molecule has 0 saturated heterocycles. The van der Waals surface area contributed by atoms with Crippen LogP contribution in [0.1, 0.15) is 15.9 Å². The number of ether oxygens (including phenoxy) is 1. The van der Waals surface area contributed by atoms with Gasteiger partial charge in [-0.25, -0.2) is 4.98 Å². The van der Waals surface area contributed by atoms with Gasteiger partial charge in [0.2, 0.25) is 0 Å². The monoisotopic (exact) mass is 367 g/mol. The van der Waals surface area contributed by atoms with E-state index in [0.717, 1.165) is 17.0 Å². The van der Waals surface area contributed by atoms with Gasteiger partial charge in [-0.3, -0.25) is 4.79 Å². The van der Waals surface area contributed by atoms with Gasteiger partial charge in [0.15, 0.2) is 0 Å². The van der Waals surface area contributed by atoms with Gasteiger partial charge in [-0.1, -0.05) is 11.6 Å². The molecule has 0 fully saturated rings. The molecule has 132 valence electrons. The molecule has 0 aliphatic carbocycles. The number of hydrogen-bond donors (Lipinski definition) is 2. The number of pyridine rings is 1. The van der Waals surface area contributed by atoms with Crippen molar-refractivity contribution in [2.24, 2.45) is 0 Å². The van der Waals surface area contributed by atoms with E-state index < -0.39 is 0 Å². The van der Waals surface area contributed by atoms with E-state index in [2.05, 4.69) is 15.6 Å². The third-order valence-electron chi connectivity index (χ3n) is 3.82. The summed E-state index contributed by atoms with van der Waals surface area (Å²) in [6.07, 6.45) is 1.59. The van der Waals surface area contributed by atoms with Crippen LogP contribution in [-0.4, -0.2) is 18.0 Å². The fraction of sp³-hybridized carbons (Fsp3) is 0.100. The molecule has 3 rings (SSSR count). The lowest BCUT2D eigenvalue weighted by Gasteiger charge is -2.11. The minimum atomic E-state index is -0.214. The molecule has 0 atom stereocenters. The van der Waals surface area contributed by atoms with Gasteiger partial charge in [-0.05, 0) is 67.1 Å². The Morgan fingerprint density at radius 3 is 2.54 bits per heavy atom. The molecule has 2 aromatic carbocycles. The van der Waals surface area contributed by atoms with Crippen LogP contribution in [0, 0.1) is 6.92 Å². The van der Waals surface area contributed by atoms with E-state index in [1.165, 1.54) is 0 Å². The molecular weight excluding hydrogens is 350 g/mol. The third-order valence-corrected chi connectivity index (χ3v) is 4.06. The molecule has 1 aromatic heterocycles. The Kier molecular flexibility index (Phi) is 5.39. The highest BCUT2D eigenvalue weighted by atomic mass is 35.5. The van der Waals surface area contributed by atoms with Gasteiger partial charge in [0.1, 0.15) is 11.6 Å². The number of methoxy groups -OCH3 is 1. The Morgan fingerprint density at radius 1 is 1.08 bits per heavy atom. The van der Waals surface area contributed by atoms with Crippen LogP contribution < -0.4 is 15.4 Å². The van der Waals surface area contributed by atoms with Crippen molar-refractivity contribution in [3.05, 3.63) is 76.9 Å². The van der Waals surface area contributed by atoms with Gasteiger partial charge < -0.3 is 15.4 Å². The van der Waals surface area contributed by atoms with Crippen molar-refractivity contribution in [3.63, 3.8) is 0 Å². The van der Waals surface area contributed by atoms with Crippen LogP contribution in [0.2, 0.25) is 5.02 Å². The van der Waals surface area contributed by atoms with Crippen LogP contribution in [0.3, 0.4) is 0 Å². The number of nitrogens with one attached hydrogen (secondary N) is 2. The van der Waals surface area contributed by atoms with Crippen molar-refractivity contribution >= 4 is 34.7 Å². The van der Waals surface area contributed by atoms with E-state index in [0.29, 0.717) is 22.1 Å². The minimum Gasteiger partial charge on any atom is -0.497 e. The van der Waals surface area contributed by atoms with Crippen LogP contribution >= 0.6 is 11.6 Å². The zero-order chi connectivity index (χ0) is 18.5. The van der Waals surface area contributed by atoms with Crippen LogP contribution in [0.15, 0.2) is 60.8 Å². The molecule has 0 unspecified atom stereocenters. The van der Waals surface area contributed by atoms with Crippen molar-refractivity contribution in [1.29, 1.82) is 0 Å². The number of benzene rings is 2.